The van der Waals surface area contributed by atoms with Crippen LogP contribution in [0.15, 0.2) is 66.7 Å². The van der Waals surface area contributed by atoms with Crippen molar-refractivity contribution in [1.82, 2.24) is 10.6 Å². The number of nitro groups is 1. The average Bonchev–Trinajstić information content (AvgIpc) is 2.77. The monoisotopic (exact) mass is 417 g/mol. The van der Waals surface area contributed by atoms with Gasteiger partial charge >= 0.3 is 0 Å². The number of carbonyl (C=O) groups excluding carboxylic acids is 2. The minimum absolute atomic E-state index is 0.0572. The normalized spacial score (nSPS) is 10.4. The van der Waals surface area contributed by atoms with E-state index in [-0.39, 0.29) is 29.9 Å². The summed E-state index contributed by atoms with van der Waals surface area (Å²) in [5, 5.41) is 16.8. The van der Waals surface area contributed by atoms with Gasteiger partial charge in [-0.2, -0.15) is 0 Å². The van der Waals surface area contributed by atoms with Crippen molar-refractivity contribution in [2.45, 2.75) is 26.9 Å². The summed E-state index contributed by atoms with van der Waals surface area (Å²) in [6.07, 6.45) is 0. The molecule has 3 rings (SSSR count). The Morgan fingerprint density at radius 1 is 0.742 bits per heavy atom. The summed E-state index contributed by atoms with van der Waals surface area (Å²) in [5.41, 5.74) is 3.82. The van der Waals surface area contributed by atoms with Crippen LogP contribution < -0.4 is 10.6 Å². The van der Waals surface area contributed by atoms with Gasteiger partial charge in [-0.3, -0.25) is 19.7 Å². The number of nitrogens with zero attached hydrogens (tertiary/aromatic N) is 1. The quantitative estimate of drug-likeness (QED) is 0.447. The minimum Gasteiger partial charge on any atom is -0.348 e. The number of hydrogen-bond donors (Lipinski definition) is 2. The number of amides is 2. The summed E-state index contributed by atoms with van der Waals surface area (Å²) < 4.78 is 0. The van der Waals surface area contributed by atoms with Crippen LogP contribution in [0.4, 0.5) is 5.69 Å². The highest BCUT2D eigenvalue weighted by Crippen LogP contribution is 2.18. The lowest BCUT2D eigenvalue weighted by molar-refractivity contribution is -0.384. The summed E-state index contributed by atoms with van der Waals surface area (Å²) in [7, 11) is 0. The Hall–Kier alpha value is -4.00. The van der Waals surface area contributed by atoms with Crippen molar-refractivity contribution in [2.24, 2.45) is 0 Å². The topological polar surface area (TPSA) is 101 Å². The van der Waals surface area contributed by atoms with Crippen LogP contribution in [0.2, 0.25) is 0 Å². The van der Waals surface area contributed by atoms with E-state index in [0.29, 0.717) is 0 Å². The van der Waals surface area contributed by atoms with Gasteiger partial charge in [0.05, 0.1) is 4.92 Å². The van der Waals surface area contributed by atoms with Gasteiger partial charge in [0.15, 0.2) is 0 Å². The highest BCUT2D eigenvalue weighted by Gasteiger charge is 2.18. The van der Waals surface area contributed by atoms with Gasteiger partial charge < -0.3 is 10.6 Å². The van der Waals surface area contributed by atoms with Crippen molar-refractivity contribution in [3.05, 3.63) is 110 Å². The van der Waals surface area contributed by atoms with Crippen molar-refractivity contribution < 1.29 is 14.5 Å². The van der Waals surface area contributed by atoms with Crippen molar-refractivity contribution in [3.8, 4) is 0 Å². The minimum atomic E-state index is -0.618. The molecule has 158 valence electrons. The van der Waals surface area contributed by atoms with Gasteiger partial charge in [-0.1, -0.05) is 59.7 Å². The lowest BCUT2D eigenvalue weighted by atomic mass is 10.1. The Morgan fingerprint density at radius 3 is 1.48 bits per heavy atom. The molecule has 0 bridgehead atoms. The van der Waals surface area contributed by atoms with Crippen LogP contribution in [0, 0.1) is 24.0 Å². The van der Waals surface area contributed by atoms with Gasteiger partial charge in [-0.15, -0.1) is 0 Å². The highest BCUT2D eigenvalue weighted by molar-refractivity contribution is 6.00. The standard InChI is InChI=1S/C24H23N3O4/c1-16-3-7-18(8-4-16)14-25-23(28)20-11-21(13-22(12-20)27(30)31)24(29)26-15-19-9-5-17(2)6-10-19/h3-13H,14-15H2,1-2H3,(H,25,28)(H,26,29). The lowest BCUT2D eigenvalue weighted by Gasteiger charge is -2.09. The predicted molar refractivity (Wildman–Crippen MR) is 118 cm³/mol. The van der Waals surface area contributed by atoms with Gasteiger partial charge in [0.1, 0.15) is 0 Å². The van der Waals surface area contributed by atoms with E-state index in [1.165, 1.54) is 18.2 Å². The Balaban J connectivity index is 1.73. The summed E-state index contributed by atoms with van der Waals surface area (Å²) in [4.78, 5) is 35.9. The molecule has 0 saturated carbocycles. The van der Waals surface area contributed by atoms with Crippen LogP contribution in [0.5, 0.6) is 0 Å². The Morgan fingerprint density at radius 2 is 1.13 bits per heavy atom. The van der Waals surface area contributed by atoms with Crippen molar-refractivity contribution in [2.75, 3.05) is 0 Å². The maximum absolute atomic E-state index is 12.6. The number of non-ortho nitro benzene ring substituents is 1. The summed E-state index contributed by atoms with van der Waals surface area (Å²) in [5.74, 6) is -0.978. The van der Waals surface area contributed by atoms with Crippen LogP contribution in [-0.4, -0.2) is 16.7 Å². The lowest BCUT2D eigenvalue weighted by Crippen LogP contribution is -2.25. The predicted octanol–water partition coefficient (Wildman–Crippen LogP) is 4.07. The molecule has 0 fully saturated rings. The Kier molecular flexibility index (Phi) is 6.77. The Labute approximate surface area is 180 Å². The number of benzene rings is 3. The van der Waals surface area contributed by atoms with E-state index in [1.54, 1.807) is 0 Å². The molecule has 3 aromatic rings. The van der Waals surface area contributed by atoms with E-state index >= 15 is 0 Å². The van der Waals surface area contributed by atoms with E-state index < -0.39 is 16.7 Å². The molecule has 7 nitrogen and oxygen atoms in total. The van der Waals surface area contributed by atoms with E-state index in [4.69, 9.17) is 0 Å². The molecule has 0 aliphatic heterocycles. The van der Waals surface area contributed by atoms with Gasteiger partial charge in [-0.25, -0.2) is 0 Å². The van der Waals surface area contributed by atoms with Gasteiger partial charge in [0.25, 0.3) is 17.5 Å². The maximum atomic E-state index is 12.6. The van der Waals surface area contributed by atoms with Crippen LogP contribution in [0.1, 0.15) is 43.0 Å². The molecule has 0 atom stereocenters. The van der Waals surface area contributed by atoms with Crippen molar-refractivity contribution >= 4 is 17.5 Å². The summed E-state index contributed by atoms with van der Waals surface area (Å²) >= 11 is 0. The van der Waals surface area contributed by atoms with Crippen molar-refractivity contribution in [3.63, 3.8) is 0 Å². The second kappa shape index (κ2) is 9.67. The Bertz CT molecular complexity index is 1030. The fraction of sp³-hybridized carbons (Fsp3) is 0.167. The molecule has 0 spiro atoms. The van der Waals surface area contributed by atoms with E-state index in [1.807, 2.05) is 62.4 Å². The van der Waals surface area contributed by atoms with E-state index in [9.17, 15) is 19.7 Å². The van der Waals surface area contributed by atoms with Gasteiger partial charge in [0.2, 0.25) is 0 Å². The second-order valence-corrected chi connectivity index (χ2v) is 7.36. The molecule has 2 amide bonds. The molecular formula is C24H23N3O4. The molecule has 0 aliphatic carbocycles. The van der Waals surface area contributed by atoms with Crippen LogP contribution in [0.25, 0.3) is 0 Å². The number of hydrogen-bond acceptors (Lipinski definition) is 4. The fourth-order valence-electron chi connectivity index (χ4n) is 2.96. The first-order chi connectivity index (χ1) is 14.8. The first-order valence-electron chi connectivity index (χ1n) is 9.79. The molecule has 0 aromatic heterocycles. The molecule has 31 heavy (non-hydrogen) atoms. The summed E-state index contributed by atoms with van der Waals surface area (Å²) in [6, 6.07) is 19.0. The van der Waals surface area contributed by atoms with Gasteiger partial charge in [-0.05, 0) is 31.0 Å². The first-order valence-corrected chi connectivity index (χ1v) is 9.79. The molecule has 0 unspecified atom stereocenters. The highest BCUT2D eigenvalue weighted by atomic mass is 16.6. The third-order valence-corrected chi connectivity index (χ3v) is 4.80. The zero-order chi connectivity index (χ0) is 22.4. The van der Waals surface area contributed by atoms with Crippen LogP contribution >= 0.6 is 0 Å². The molecule has 2 N–H and O–H groups in total. The average molecular weight is 417 g/mol. The smallest absolute Gasteiger partial charge is 0.271 e. The summed E-state index contributed by atoms with van der Waals surface area (Å²) in [6.45, 7) is 4.49. The second-order valence-electron chi connectivity index (χ2n) is 7.36. The molecule has 7 heteroatoms. The molecule has 3 aromatic carbocycles. The van der Waals surface area contributed by atoms with E-state index in [2.05, 4.69) is 10.6 Å². The SMILES string of the molecule is Cc1ccc(CNC(=O)c2cc(C(=O)NCc3ccc(C)cc3)cc([N+](=O)[O-])c2)cc1. The number of aryl methyl sites for hydroxylation is 2. The zero-order valence-electron chi connectivity index (χ0n) is 17.3. The fourth-order valence-corrected chi connectivity index (χ4v) is 2.96. The van der Waals surface area contributed by atoms with Crippen LogP contribution in [-0.2, 0) is 13.1 Å². The largest absolute Gasteiger partial charge is 0.348 e. The van der Waals surface area contributed by atoms with Crippen molar-refractivity contribution in [1.29, 1.82) is 0 Å². The third kappa shape index (κ3) is 5.99. The molecule has 0 heterocycles. The third-order valence-electron chi connectivity index (χ3n) is 4.80. The van der Waals surface area contributed by atoms with E-state index in [0.717, 1.165) is 22.3 Å². The van der Waals surface area contributed by atoms with Crippen LogP contribution in [0.3, 0.4) is 0 Å². The van der Waals surface area contributed by atoms with Gasteiger partial charge in [0, 0.05) is 36.3 Å². The first kappa shape index (κ1) is 21.7. The number of nitrogens with one attached hydrogen (secondary N) is 2. The maximum Gasteiger partial charge on any atom is 0.271 e. The number of carbonyl (C=O) groups is 2. The molecule has 0 saturated heterocycles. The molecule has 0 aliphatic rings. The molecule has 0 radical (unpaired) electrons. The number of nitro benzene ring substituents is 1. The number of rotatable bonds is 7. The zero-order valence-corrected chi connectivity index (χ0v) is 17.3. The molecular weight excluding hydrogens is 394 g/mol.